The largest absolute Gasteiger partial charge is 0.494 e. The Balaban J connectivity index is 1.55. The summed E-state index contributed by atoms with van der Waals surface area (Å²) in [4.78, 5) is 4.62. The smallest absolute Gasteiger partial charge is 0.119 e. The number of aliphatic hydroxyl groups is 1. The first-order valence-electron chi connectivity index (χ1n) is 8.21. The molecule has 0 atom stereocenters. The van der Waals surface area contributed by atoms with E-state index in [1.807, 2.05) is 42.5 Å². The van der Waals surface area contributed by atoms with Crippen molar-refractivity contribution in [2.24, 2.45) is 0 Å². The molecule has 1 aromatic heterocycles. The number of aliphatic hydroxyl groups excluding tert-OH is 1. The molecule has 5 heteroatoms. The number of benzene rings is 2. The third kappa shape index (κ3) is 4.08. The zero-order valence-electron chi connectivity index (χ0n) is 13.5. The Morgan fingerprint density at radius 1 is 1.04 bits per heavy atom. The summed E-state index contributed by atoms with van der Waals surface area (Å²) in [6, 6.07) is 15.5. The second-order valence-corrected chi connectivity index (χ2v) is 6.09. The number of halogens is 1. The fourth-order valence-electron chi connectivity index (χ4n) is 2.76. The Labute approximate surface area is 146 Å². The molecule has 0 amide bonds. The van der Waals surface area contributed by atoms with Crippen molar-refractivity contribution in [1.82, 2.24) is 9.55 Å². The van der Waals surface area contributed by atoms with Gasteiger partial charge in [-0.05, 0) is 49.2 Å². The Morgan fingerprint density at radius 3 is 2.62 bits per heavy atom. The van der Waals surface area contributed by atoms with Crippen molar-refractivity contribution in [2.45, 2.75) is 25.8 Å². The molecule has 24 heavy (non-hydrogen) atoms. The van der Waals surface area contributed by atoms with Gasteiger partial charge in [-0.25, -0.2) is 4.98 Å². The summed E-state index contributed by atoms with van der Waals surface area (Å²) in [6.45, 7) is 1.66. The van der Waals surface area contributed by atoms with E-state index in [1.54, 1.807) is 0 Å². The Kier molecular flexibility index (Phi) is 5.72. The molecule has 0 fully saturated rings. The SMILES string of the molecule is OCCc1nc2ccccc2n1CCCCOc1ccc(Cl)cc1. The number of hydrogen-bond acceptors (Lipinski definition) is 3. The maximum Gasteiger partial charge on any atom is 0.119 e. The van der Waals surface area contributed by atoms with Gasteiger partial charge in [-0.1, -0.05) is 23.7 Å². The molecule has 1 N–H and O–H groups in total. The molecule has 0 radical (unpaired) electrons. The number of aryl methyl sites for hydroxylation is 1. The summed E-state index contributed by atoms with van der Waals surface area (Å²) in [6.07, 6.45) is 2.52. The molecule has 3 rings (SSSR count). The summed E-state index contributed by atoms with van der Waals surface area (Å²) < 4.78 is 7.92. The Morgan fingerprint density at radius 2 is 1.83 bits per heavy atom. The van der Waals surface area contributed by atoms with Crippen molar-refractivity contribution in [2.75, 3.05) is 13.2 Å². The molecule has 0 aliphatic rings. The quantitative estimate of drug-likeness (QED) is 0.626. The standard InChI is InChI=1S/C19H21ClN2O2/c20-15-7-9-16(10-8-15)24-14-4-3-12-22-18-6-2-1-5-17(18)21-19(22)11-13-23/h1-2,5-10,23H,3-4,11-14H2. The van der Waals surface area contributed by atoms with Gasteiger partial charge in [0.2, 0.25) is 0 Å². The van der Waals surface area contributed by atoms with Gasteiger partial charge in [-0.3, -0.25) is 0 Å². The fraction of sp³-hybridized carbons (Fsp3) is 0.316. The highest BCUT2D eigenvalue weighted by Gasteiger charge is 2.09. The van der Waals surface area contributed by atoms with Crippen molar-refractivity contribution in [3.8, 4) is 5.75 Å². The minimum atomic E-state index is 0.114. The average Bonchev–Trinajstić information content (AvgIpc) is 2.94. The molecule has 126 valence electrons. The van der Waals surface area contributed by atoms with E-state index in [1.165, 1.54) is 0 Å². The van der Waals surface area contributed by atoms with Gasteiger partial charge in [-0.15, -0.1) is 0 Å². The number of rotatable bonds is 8. The van der Waals surface area contributed by atoms with E-state index >= 15 is 0 Å². The summed E-state index contributed by atoms with van der Waals surface area (Å²) >= 11 is 5.86. The lowest BCUT2D eigenvalue weighted by atomic mass is 10.3. The van der Waals surface area contributed by atoms with E-state index < -0.39 is 0 Å². The first-order valence-corrected chi connectivity index (χ1v) is 8.59. The van der Waals surface area contributed by atoms with Crippen molar-refractivity contribution < 1.29 is 9.84 Å². The van der Waals surface area contributed by atoms with Crippen LogP contribution >= 0.6 is 11.6 Å². The number of unbranched alkanes of at least 4 members (excludes halogenated alkanes) is 1. The van der Waals surface area contributed by atoms with Gasteiger partial charge < -0.3 is 14.4 Å². The van der Waals surface area contributed by atoms with Crippen molar-refractivity contribution >= 4 is 22.6 Å². The van der Waals surface area contributed by atoms with Crippen molar-refractivity contribution in [3.05, 3.63) is 59.4 Å². The molecule has 0 unspecified atom stereocenters. The predicted molar refractivity (Wildman–Crippen MR) is 96.7 cm³/mol. The molecule has 2 aromatic carbocycles. The van der Waals surface area contributed by atoms with Gasteiger partial charge in [0, 0.05) is 18.0 Å². The molecular weight excluding hydrogens is 324 g/mol. The monoisotopic (exact) mass is 344 g/mol. The van der Waals surface area contributed by atoms with Gasteiger partial charge in [0.05, 0.1) is 24.2 Å². The number of hydrogen-bond donors (Lipinski definition) is 1. The molecule has 0 aliphatic heterocycles. The average molecular weight is 345 g/mol. The van der Waals surface area contributed by atoms with Crippen LogP contribution in [0.15, 0.2) is 48.5 Å². The maximum absolute atomic E-state index is 9.24. The summed E-state index contributed by atoms with van der Waals surface area (Å²) in [5, 5.41) is 9.96. The van der Waals surface area contributed by atoms with Crippen LogP contribution in [0.2, 0.25) is 5.02 Å². The lowest BCUT2D eigenvalue weighted by Crippen LogP contribution is -2.07. The molecule has 0 saturated carbocycles. The van der Waals surface area contributed by atoms with Gasteiger partial charge in [-0.2, -0.15) is 0 Å². The number of ether oxygens (including phenoxy) is 1. The second-order valence-electron chi connectivity index (χ2n) is 5.65. The first kappa shape index (κ1) is 16.8. The van der Waals surface area contributed by atoms with Gasteiger partial charge in [0.25, 0.3) is 0 Å². The molecular formula is C19H21ClN2O2. The van der Waals surface area contributed by atoms with Crippen LogP contribution in [0.5, 0.6) is 5.75 Å². The van der Waals surface area contributed by atoms with Gasteiger partial charge in [0.15, 0.2) is 0 Å². The molecule has 0 bridgehead atoms. The number of imidazole rings is 1. The number of para-hydroxylation sites is 2. The van der Waals surface area contributed by atoms with Crippen molar-refractivity contribution in [1.29, 1.82) is 0 Å². The minimum Gasteiger partial charge on any atom is -0.494 e. The van der Waals surface area contributed by atoms with Crippen LogP contribution in [0, 0.1) is 0 Å². The van der Waals surface area contributed by atoms with Crippen LogP contribution in [0.25, 0.3) is 11.0 Å². The van der Waals surface area contributed by atoms with Crippen LogP contribution in [0.3, 0.4) is 0 Å². The van der Waals surface area contributed by atoms with Crippen LogP contribution in [0.1, 0.15) is 18.7 Å². The highest BCUT2D eigenvalue weighted by molar-refractivity contribution is 6.30. The highest BCUT2D eigenvalue weighted by atomic mass is 35.5. The predicted octanol–water partition coefficient (Wildman–Crippen LogP) is 4.08. The van der Waals surface area contributed by atoms with Crippen LogP contribution in [-0.2, 0) is 13.0 Å². The molecule has 0 aliphatic carbocycles. The summed E-state index contributed by atoms with van der Waals surface area (Å²) in [5.74, 6) is 1.78. The van der Waals surface area contributed by atoms with Crippen LogP contribution < -0.4 is 4.74 Å². The second kappa shape index (κ2) is 8.18. The van der Waals surface area contributed by atoms with Gasteiger partial charge >= 0.3 is 0 Å². The highest BCUT2D eigenvalue weighted by Crippen LogP contribution is 2.18. The zero-order chi connectivity index (χ0) is 16.8. The van der Waals surface area contributed by atoms with Crippen LogP contribution in [-0.4, -0.2) is 27.9 Å². The molecule has 0 saturated heterocycles. The normalized spacial score (nSPS) is 11.1. The Bertz CT molecular complexity index is 784. The van der Waals surface area contributed by atoms with Crippen molar-refractivity contribution in [3.63, 3.8) is 0 Å². The van der Waals surface area contributed by atoms with E-state index in [-0.39, 0.29) is 6.61 Å². The number of nitrogens with zero attached hydrogens (tertiary/aromatic N) is 2. The fourth-order valence-corrected chi connectivity index (χ4v) is 2.88. The molecule has 1 heterocycles. The van der Waals surface area contributed by atoms with E-state index in [2.05, 4.69) is 15.6 Å². The summed E-state index contributed by atoms with van der Waals surface area (Å²) in [5.41, 5.74) is 2.11. The molecule has 4 nitrogen and oxygen atoms in total. The Hall–Kier alpha value is -2.04. The van der Waals surface area contributed by atoms with Crippen LogP contribution in [0.4, 0.5) is 0 Å². The number of aromatic nitrogens is 2. The van der Waals surface area contributed by atoms with E-state index in [4.69, 9.17) is 16.3 Å². The third-order valence-corrected chi connectivity index (χ3v) is 4.18. The molecule has 3 aromatic rings. The van der Waals surface area contributed by atoms with Gasteiger partial charge in [0.1, 0.15) is 11.6 Å². The third-order valence-electron chi connectivity index (χ3n) is 3.93. The lowest BCUT2D eigenvalue weighted by Gasteiger charge is -2.09. The lowest BCUT2D eigenvalue weighted by molar-refractivity contribution is 0.292. The van der Waals surface area contributed by atoms with E-state index in [0.717, 1.165) is 42.0 Å². The molecule has 0 spiro atoms. The topological polar surface area (TPSA) is 47.3 Å². The summed E-state index contributed by atoms with van der Waals surface area (Å²) in [7, 11) is 0. The zero-order valence-corrected chi connectivity index (χ0v) is 14.2. The first-order chi connectivity index (χ1) is 11.8. The van der Waals surface area contributed by atoms with E-state index in [0.29, 0.717) is 18.1 Å². The number of fused-ring (bicyclic) bond motifs is 1. The van der Waals surface area contributed by atoms with E-state index in [9.17, 15) is 5.11 Å². The maximum atomic E-state index is 9.24. The minimum absolute atomic E-state index is 0.114.